The number of primary amides is 1. The summed E-state index contributed by atoms with van der Waals surface area (Å²) in [5.74, 6) is -2.35. The van der Waals surface area contributed by atoms with Crippen molar-refractivity contribution in [1.29, 1.82) is 0 Å². The minimum atomic E-state index is -1.08. The monoisotopic (exact) mass is 590 g/mol. The van der Waals surface area contributed by atoms with Gasteiger partial charge in [0, 0.05) is 50.1 Å². The lowest BCUT2D eigenvalue weighted by Gasteiger charge is -2.25. The number of nitrogens with one attached hydrogen (secondary N) is 4. The van der Waals surface area contributed by atoms with Crippen molar-refractivity contribution in [3.8, 4) is 0 Å². The second kappa shape index (κ2) is 16.9. The van der Waals surface area contributed by atoms with E-state index in [1.807, 2.05) is 36.4 Å². The van der Waals surface area contributed by atoms with Crippen LogP contribution in [0.1, 0.15) is 36.1 Å². The Hall–Kier alpha value is -5.27. The number of hydrogen-bond donors (Lipinski definition) is 7. The van der Waals surface area contributed by atoms with Crippen molar-refractivity contribution >= 4 is 29.6 Å². The van der Waals surface area contributed by atoms with Crippen LogP contribution in [0.15, 0.2) is 72.4 Å². The van der Waals surface area contributed by atoms with E-state index in [0.717, 1.165) is 11.1 Å². The zero-order valence-electron chi connectivity index (χ0n) is 23.7. The predicted octanol–water partition coefficient (Wildman–Crippen LogP) is -0.784. The van der Waals surface area contributed by atoms with Gasteiger partial charge in [-0.2, -0.15) is 0 Å². The third-order valence-electron chi connectivity index (χ3n) is 6.51. The molecular formula is C29H38N10O4. The number of aromatic nitrogens is 3. The quantitative estimate of drug-likeness (QED) is 0.0596. The van der Waals surface area contributed by atoms with E-state index < -0.39 is 35.8 Å². The molecule has 0 bridgehead atoms. The van der Waals surface area contributed by atoms with Crippen LogP contribution in [0.5, 0.6) is 0 Å². The number of aliphatic imine (C=N–C) groups is 1. The minimum absolute atomic E-state index is 0.0841. The van der Waals surface area contributed by atoms with Gasteiger partial charge in [0.25, 0.3) is 0 Å². The van der Waals surface area contributed by atoms with Crippen molar-refractivity contribution in [1.82, 2.24) is 30.9 Å². The first-order chi connectivity index (χ1) is 20.7. The van der Waals surface area contributed by atoms with E-state index in [2.05, 4.69) is 35.9 Å². The molecule has 10 N–H and O–H groups in total. The van der Waals surface area contributed by atoms with Gasteiger partial charge < -0.3 is 38.1 Å². The van der Waals surface area contributed by atoms with Gasteiger partial charge in [0.15, 0.2) is 5.96 Å². The van der Waals surface area contributed by atoms with E-state index in [-0.39, 0.29) is 44.1 Å². The topological polar surface area (TPSA) is 236 Å². The number of benzene rings is 1. The molecule has 0 unspecified atom stereocenters. The number of aromatic amines is 1. The highest BCUT2D eigenvalue weighted by molar-refractivity contribution is 5.94. The van der Waals surface area contributed by atoms with Crippen LogP contribution in [0.3, 0.4) is 0 Å². The van der Waals surface area contributed by atoms with Crippen LogP contribution in [0.4, 0.5) is 0 Å². The Morgan fingerprint density at radius 2 is 1.51 bits per heavy atom. The molecule has 14 nitrogen and oxygen atoms in total. The number of rotatable bonds is 17. The number of guanidine groups is 1. The van der Waals surface area contributed by atoms with E-state index in [4.69, 9.17) is 17.2 Å². The van der Waals surface area contributed by atoms with Crippen molar-refractivity contribution in [3.63, 3.8) is 0 Å². The maximum atomic E-state index is 13.6. The highest BCUT2D eigenvalue weighted by atomic mass is 16.2. The number of nitrogens with two attached hydrogens (primary N) is 3. The Bertz CT molecular complexity index is 1350. The van der Waals surface area contributed by atoms with Crippen LogP contribution < -0.4 is 33.2 Å². The van der Waals surface area contributed by atoms with Gasteiger partial charge in [-0.15, -0.1) is 0 Å². The van der Waals surface area contributed by atoms with Crippen molar-refractivity contribution in [2.24, 2.45) is 22.2 Å². The zero-order chi connectivity index (χ0) is 31.0. The number of pyridine rings is 1. The van der Waals surface area contributed by atoms with E-state index in [0.29, 0.717) is 18.5 Å². The zero-order valence-corrected chi connectivity index (χ0v) is 23.7. The Labute approximate surface area is 249 Å². The molecule has 3 atom stereocenters. The van der Waals surface area contributed by atoms with Gasteiger partial charge in [0.05, 0.1) is 6.33 Å². The number of carbonyl (C=O) groups is 4. The lowest BCUT2D eigenvalue weighted by Crippen LogP contribution is -2.57. The van der Waals surface area contributed by atoms with E-state index in [1.165, 1.54) is 6.33 Å². The van der Waals surface area contributed by atoms with Gasteiger partial charge in [-0.05, 0) is 36.5 Å². The smallest absolute Gasteiger partial charge is 0.243 e. The third-order valence-corrected chi connectivity index (χ3v) is 6.51. The lowest BCUT2D eigenvalue weighted by atomic mass is 10.0. The Kier molecular flexibility index (Phi) is 12.6. The Morgan fingerprint density at radius 3 is 2.14 bits per heavy atom. The molecule has 4 amide bonds. The molecule has 0 saturated carbocycles. The summed E-state index contributed by atoms with van der Waals surface area (Å²) in [4.78, 5) is 66.9. The molecule has 2 aromatic heterocycles. The summed E-state index contributed by atoms with van der Waals surface area (Å²) in [7, 11) is 0. The number of hydrogen-bond acceptors (Lipinski definition) is 7. The molecule has 0 saturated heterocycles. The highest BCUT2D eigenvalue weighted by Gasteiger charge is 2.29. The van der Waals surface area contributed by atoms with Crippen LogP contribution >= 0.6 is 0 Å². The average Bonchev–Trinajstić information content (AvgIpc) is 3.51. The summed E-state index contributed by atoms with van der Waals surface area (Å²) in [6.45, 7) is 0.252. The normalized spacial score (nSPS) is 12.7. The molecule has 0 aliphatic rings. The van der Waals surface area contributed by atoms with Crippen LogP contribution in [0.2, 0.25) is 0 Å². The van der Waals surface area contributed by atoms with E-state index >= 15 is 0 Å². The van der Waals surface area contributed by atoms with Gasteiger partial charge >= 0.3 is 0 Å². The summed E-state index contributed by atoms with van der Waals surface area (Å²) in [6, 6.07) is 9.63. The van der Waals surface area contributed by atoms with Gasteiger partial charge in [-0.1, -0.05) is 36.4 Å². The molecule has 2 heterocycles. The largest absolute Gasteiger partial charge is 0.370 e. The first kappa shape index (κ1) is 32.2. The summed E-state index contributed by atoms with van der Waals surface area (Å²) < 4.78 is 0. The lowest BCUT2D eigenvalue weighted by molar-refractivity contribution is -0.133. The van der Waals surface area contributed by atoms with Crippen molar-refractivity contribution in [2.45, 2.75) is 56.7 Å². The first-order valence-electron chi connectivity index (χ1n) is 13.9. The van der Waals surface area contributed by atoms with Crippen molar-refractivity contribution in [3.05, 3.63) is 84.2 Å². The van der Waals surface area contributed by atoms with Gasteiger partial charge in [0.2, 0.25) is 23.6 Å². The second-order valence-electron chi connectivity index (χ2n) is 9.93. The fourth-order valence-electron chi connectivity index (χ4n) is 4.29. The van der Waals surface area contributed by atoms with Crippen LogP contribution in [-0.2, 0) is 38.4 Å². The number of nitrogens with zero attached hydrogens (tertiary/aromatic N) is 3. The molecular weight excluding hydrogens is 552 g/mol. The van der Waals surface area contributed by atoms with Crippen LogP contribution in [-0.4, -0.2) is 69.2 Å². The summed E-state index contributed by atoms with van der Waals surface area (Å²) in [6.07, 6.45) is 7.74. The molecule has 0 radical (unpaired) electrons. The maximum Gasteiger partial charge on any atom is 0.243 e. The van der Waals surface area contributed by atoms with Crippen molar-refractivity contribution in [2.75, 3.05) is 6.54 Å². The number of carbonyl (C=O) groups excluding carboxylic acids is 4. The van der Waals surface area contributed by atoms with Gasteiger partial charge in [-0.3, -0.25) is 29.2 Å². The summed E-state index contributed by atoms with van der Waals surface area (Å²) >= 11 is 0. The molecule has 3 aromatic rings. The fraction of sp³-hybridized carbons (Fsp3) is 0.345. The SMILES string of the molecule is NC(=O)[C@@H](CCCN=C(N)N)NC(=O)[C@@H](Cc1ccccc1)NC(=O)[C@H](Cc1cnc[nH]1)NC(=O)CCc1cccnc1. The fourth-order valence-corrected chi connectivity index (χ4v) is 4.29. The van der Waals surface area contributed by atoms with Crippen LogP contribution in [0.25, 0.3) is 0 Å². The highest BCUT2D eigenvalue weighted by Crippen LogP contribution is 2.08. The second-order valence-corrected chi connectivity index (χ2v) is 9.93. The minimum Gasteiger partial charge on any atom is -0.370 e. The van der Waals surface area contributed by atoms with Crippen molar-refractivity contribution < 1.29 is 19.2 Å². The van der Waals surface area contributed by atoms with E-state index in [9.17, 15) is 19.2 Å². The van der Waals surface area contributed by atoms with Gasteiger partial charge in [-0.25, -0.2) is 4.98 Å². The molecule has 1 aromatic carbocycles. The first-order valence-corrected chi connectivity index (χ1v) is 13.9. The predicted molar refractivity (Wildman–Crippen MR) is 160 cm³/mol. The molecule has 14 heteroatoms. The van der Waals surface area contributed by atoms with E-state index in [1.54, 1.807) is 24.7 Å². The number of aryl methyl sites for hydroxylation is 1. The molecule has 0 aliphatic carbocycles. The van der Waals surface area contributed by atoms with Crippen LogP contribution in [0, 0.1) is 0 Å². The Balaban J connectivity index is 1.74. The maximum absolute atomic E-state index is 13.6. The summed E-state index contributed by atoms with van der Waals surface area (Å²) in [5.41, 5.74) is 18.5. The molecule has 228 valence electrons. The molecule has 43 heavy (non-hydrogen) atoms. The summed E-state index contributed by atoms with van der Waals surface area (Å²) in [5, 5.41) is 8.19. The Morgan fingerprint density at radius 1 is 0.814 bits per heavy atom. The number of imidazole rings is 1. The molecule has 0 fully saturated rings. The molecule has 0 spiro atoms. The molecule has 0 aliphatic heterocycles. The van der Waals surface area contributed by atoms with Gasteiger partial charge in [0.1, 0.15) is 18.1 Å². The molecule has 3 rings (SSSR count). The number of amides is 4. The standard InChI is InChI=1S/C29H38N10O4/c30-26(41)22(9-5-13-35-29(31)32)38-27(42)23(14-19-6-2-1-3-7-19)39-28(43)24(15-21-17-34-18-36-21)37-25(40)11-10-20-8-4-12-33-16-20/h1-4,6-8,12,16-18,22-24H,5,9-11,13-15H2,(H2,30,41)(H,34,36)(H,37,40)(H,38,42)(H,39,43)(H4,31,32,35)/t22-,23-,24+/m1/s1. The average molecular weight is 591 g/mol. The third kappa shape index (κ3) is 11.6. The number of H-pyrrole nitrogens is 1.